The predicted octanol–water partition coefficient (Wildman–Crippen LogP) is 12.0. The number of esters is 1. The SMILES string of the molecule is CC(=O)O[C@H]1C[C@H]2[C@@H]3CC=C4C[C@@H](O[Si](C)(C)C(C)(C)C)CC[C@]4(C)[C@H]3CC[C@]2(C)[C@H]1[C@H](C)CCC[C@@H](C)CO[Si](C)(C)C(C)(C)C. The number of hydrogen-bond acceptors (Lipinski definition) is 4. The maximum absolute atomic E-state index is 12.5. The molecule has 4 nitrogen and oxygen atoms in total. The molecule has 6 heteroatoms. The second kappa shape index (κ2) is 13.9. The zero-order valence-electron chi connectivity index (χ0n) is 33.6. The largest absolute Gasteiger partial charge is 0.462 e. The van der Waals surface area contributed by atoms with Gasteiger partial charge in [-0.3, -0.25) is 4.79 Å². The van der Waals surface area contributed by atoms with Gasteiger partial charge >= 0.3 is 5.97 Å². The number of allylic oxidation sites excluding steroid dienone is 1. The van der Waals surface area contributed by atoms with E-state index < -0.39 is 16.6 Å². The van der Waals surface area contributed by atoms with E-state index in [0.717, 1.165) is 25.4 Å². The molecule has 0 amide bonds. The number of hydrogen-bond donors (Lipinski definition) is 0. The fourth-order valence-electron chi connectivity index (χ4n) is 10.3. The molecule has 4 aliphatic carbocycles. The van der Waals surface area contributed by atoms with Gasteiger partial charge in [-0.05, 0) is 128 Å². The third-order valence-corrected chi connectivity index (χ3v) is 24.3. The van der Waals surface area contributed by atoms with Crippen LogP contribution in [0.4, 0.5) is 0 Å². The third kappa shape index (κ3) is 8.06. The molecule has 0 saturated heterocycles. The van der Waals surface area contributed by atoms with E-state index in [0.29, 0.717) is 41.1 Å². The Kier molecular flexibility index (Phi) is 11.7. The quantitative estimate of drug-likeness (QED) is 0.123. The average molecular weight is 689 g/mol. The lowest BCUT2D eigenvalue weighted by atomic mass is 9.47. The third-order valence-electron chi connectivity index (χ3n) is 15.2. The fourth-order valence-corrected chi connectivity index (χ4v) is 12.8. The van der Waals surface area contributed by atoms with Crippen molar-refractivity contribution in [2.24, 2.45) is 46.3 Å². The average Bonchev–Trinajstić information content (AvgIpc) is 3.21. The minimum absolute atomic E-state index is 0.0579. The minimum Gasteiger partial charge on any atom is -0.462 e. The highest BCUT2D eigenvalue weighted by molar-refractivity contribution is 6.74. The van der Waals surface area contributed by atoms with Crippen LogP contribution in [-0.4, -0.2) is 41.4 Å². The van der Waals surface area contributed by atoms with Crippen molar-refractivity contribution in [1.82, 2.24) is 0 Å². The van der Waals surface area contributed by atoms with Crippen molar-refractivity contribution in [3.8, 4) is 0 Å². The predicted molar refractivity (Wildman–Crippen MR) is 204 cm³/mol. The molecule has 3 fully saturated rings. The van der Waals surface area contributed by atoms with E-state index >= 15 is 0 Å². The molecule has 272 valence electrons. The van der Waals surface area contributed by atoms with E-state index in [4.69, 9.17) is 13.6 Å². The Hall–Kier alpha value is -0.436. The number of fused-ring (bicyclic) bond motifs is 5. The summed E-state index contributed by atoms with van der Waals surface area (Å²) in [7, 11) is -3.50. The Morgan fingerprint density at radius 3 is 2.17 bits per heavy atom. The molecular weight excluding hydrogens is 613 g/mol. The summed E-state index contributed by atoms with van der Waals surface area (Å²) in [5.74, 6) is 3.54. The van der Waals surface area contributed by atoms with Crippen molar-refractivity contribution in [3.63, 3.8) is 0 Å². The van der Waals surface area contributed by atoms with Crippen LogP contribution in [0.1, 0.15) is 140 Å². The summed E-state index contributed by atoms with van der Waals surface area (Å²) in [4.78, 5) is 12.5. The fraction of sp³-hybridized carbons (Fsp3) is 0.927. The van der Waals surface area contributed by atoms with E-state index in [1.54, 1.807) is 12.5 Å². The van der Waals surface area contributed by atoms with E-state index in [1.165, 1.54) is 51.4 Å². The summed E-state index contributed by atoms with van der Waals surface area (Å²) >= 11 is 0. The Morgan fingerprint density at radius 2 is 1.57 bits per heavy atom. The van der Waals surface area contributed by atoms with Gasteiger partial charge in [0.2, 0.25) is 0 Å². The molecular formula is C41H76O4Si2. The maximum Gasteiger partial charge on any atom is 0.302 e. The monoisotopic (exact) mass is 689 g/mol. The molecule has 0 aromatic heterocycles. The first kappa shape index (κ1) is 39.4. The summed E-state index contributed by atoms with van der Waals surface area (Å²) in [6, 6.07) is 0. The molecule has 0 aromatic carbocycles. The zero-order chi connectivity index (χ0) is 35.4. The molecule has 4 rings (SSSR count). The highest BCUT2D eigenvalue weighted by Gasteiger charge is 2.62. The first-order valence-electron chi connectivity index (χ1n) is 19.6. The van der Waals surface area contributed by atoms with Gasteiger partial charge in [-0.15, -0.1) is 0 Å². The van der Waals surface area contributed by atoms with Gasteiger partial charge in [0.1, 0.15) is 6.10 Å². The molecule has 3 saturated carbocycles. The van der Waals surface area contributed by atoms with Crippen molar-refractivity contribution in [2.75, 3.05) is 6.61 Å². The van der Waals surface area contributed by atoms with Crippen LogP contribution in [0.15, 0.2) is 11.6 Å². The van der Waals surface area contributed by atoms with Gasteiger partial charge < -0.3 is 13.6 Å². The molecule has 0 aromatic rings. The molecule has 0 spiro atoms. The Balaban J connectivity index is 1.44. The normalized spacial score (nSPS) is 36.1. The number of rotatable bonds is 11. The lowest BCUT2D eigenvalue weighted by molar-refractivity contribution is -0.150. The molecule has 0 aliphatic heterocycles. The topological polar surface area (TPSA) is 44.8 Å². The van der Waals surface area contributed by atoms with E-state index in [-0.39, 0.29) is 27.6 Å². The van der Waals surface area contributed by atoms with Crippen molar-refractivity contribution in [2.45, 2.75) is 189 Å². The lowest BCUT2D eigenvalue weighted by Gasteiger charge is -2.58. The van der Waals surface area contributed by atoms with Crippen LogP contribution in [0.2, 0.25) is 36.3 Å². The van der Waals surface area contributed by atoms with Gasteiger partial charge in [-0.2, -0.15) is 0 Å². The van der Waals surface area contributed by atoms with Gasteiger partial charge in [0.25, 0.3) is 0 Å². The Bertz CT molecular complexity index is 1130. The number of carbonyl (C=O) groups is 1. The van der Waals surface area contributed by atoms with Gasteiger partial charge in [0.05, 0.1) is 0 Å². The molecule has 47 heavy (non-hydrogen) atoms. The molecule has 0 radical (unpaired) electrons. The van der Waals surface area contributed by atoms with Crippen LogP contribution in [0.5, 0.6) is 0 Å². The first-order valence-corrected chi connectivity index (χ1v) is 25.4. The number of ether oxygens (including phenoxy) is 1. The number of carbonyl (C=O) groups excluding carboxylic acids is 1. The smallest absolute Gasteiger partial charge is 0.302 e. The summed E-state index contributed by atoms with van der Waals surface area (Å²) in [6.07, 6.45) is 15.2. The van der Waals surface area contributed by atoms with Crippen LogP contribution in [-0.2, 0) is 18.4 Å². The second-order valence-corrected chi connectivity index (χ2v) is 30.1. The van der Waals surface area contributed by atoms with Crippen LogP contribution < -0.4 is 0 Å². The highest BCUT2D eigenvalue weighted by atomic mass is 28.4. The van der Waals surface area contributed by atoms with Crippen molar-refractivity contribution in [1.29, 1.82) is 0 Å². The molecule has 0 unspecified atom stereocenters. The van der Waals surface area contributed by atoms with Crippen LogP contribution >= 0.6 is 0 Å². The summed E-state index contributed by atoms with van der Waals surface area (Å²) < 4.78 is 19.8. The summed E-state index contributed by atoms with van der Waals surface area (Å²) in [5, 5.41) is 0.506. The van der Waals surface area contributed by atoms with Crippen LogP contribution in [0.3, 0.4) is 0 Å². The second-order valence-electron chi connectivity index (χ2n) is 20.5. The van der Waals surface area contributed by atoms with Gasteiger partial charge in [0, 0.05) is 25.6 Å². The lowest BCUT2D eigenvalue weighted by Crippen LogP contribution is -2.52. The van der Waals surface area contributed by atoms with E-state index in [1.807, 2.05) is 0 Å². The Labute approximate surface area is 293 Å². The van der Waals surface area contributed by atoms with E-state index in [2.05, 4.69) is 102 Å². The van der Waals surface area contributed by atoms with E-state index in [9.17, 15) is 4.79 Å². The summed E-state index contributed by atoms with van der Waals surface area (Å²) in [6.45, 7) is 36.2. The van der Waals surface area contributed by atoms with Gasteiger partial charge in [-0.1, -0.05) is 93.7 Å². The molecule has 4 aliphatic rings. The zero-order valence-corrected chi connectivity index (χ0v) is 35.6. The molecule has 0 heterocycles. The molecule has 10 atom stereocenters. The van der Waals surface area contributed by atoms with Crippen molar-refractivity contribution < 1.29 is 18.4 Å². The molecule has 0 bridgehead atoms. The van der Waals surface area contributed by atoms with Crippen LogP contribution in [0, 0.1) is 46.3 Å². The maximum atomic E-state index is 12.5. The standard InChI is InChI=1S/C41H76O4Si2/c1-28(27-43-46(12,13)38(4,5)6)17-16-18-29(2)37-36(44-30(3)42)26-35-33-20-19-31-25-32(45-47(14,15)39(7,8)9)21-23-40(31,10)34(33)22-24-41(35,37)11/h19,28-29,32-37H,16-18,20-27H2,1-15H3/t28-,29-,32+,33-,34+,35+,36+,37+,40+,41+/m1/s1. The summed E-state index contributed by atoms with van der Waals surface area (Å²) in [5.41, 5.74) is 2.23. The van der Waals surface area contributed by atoms with Gasteiger partial charge in [0.15, 0.2) is 16.6 Å². The van der Waals surface area contributed by atoms with Crippen LogP contribution in [0.25, 0.3) is 0 Å². The first-order chi connectivity index (χ1) is 21.4. The Morgan fingerprint density at radius 1 is 0.936 bits per heavy atom. The minimum atomic E-state index is -1.78. The van der Waals surface area contributed by atoms with Crippen molar-refractivity contribution >= 4 is 22.6 Å². The van der Waals surface area contributed by atoms with Crippen molar-refractivity contribution in [3.05, 3.63) is 11.6 Å². The van der Waals surface area contributed by atoms with Gasteiger partial charge in [-0.25, -0.2) is 0 Å². The molecule has 0 N–H and O–H groups in total. The highest BCUT2D eigenvalue weighted by Crippen LogP contribution is 2.68.